The minimum atomic E-state index is -0.652. The first-order valence-electron chi connectivity index (χ1n) is 13.8. The summed E-state index contributed by atoms with van der Waals surface area (Å²) in [4.78, 5) is 20.4. The highest BCUT2D eigenvalue weighted by Crippen LogP contribution is 2.37. The lowest BCUT2D eigenvalue weighted by atomic mass is 9.88. The molecular weight excluding hydrogens is 525 g/mol. The highest BCUT2D eigenvalue weighted by Gasteiger charge is 2.34. The molecule has 1 saturated heterocycles. The number of rotatable bonds is 8. The van der Waals surface area contributed by atoms with Crippen LogP contribution >= 0.6 is 0 Å². The van der Waals surface area contributed by atoms with Crippen molar-refractivity contribution in [2.45, 2.75) is 72.3 Å². The van der Waals surface area contributed by atoms with E-state index < -0.39 is 11.8 Å². The minimum Gasteiger partial charge on any atom is -0.481 e. The van der Waals surface area contributed by atoms with Crippen molar-refractivity contribution in [2.24, 2.45) is 15.7 Å². The Bertz CT molecular complexity index is 1390. The van der Waals surface area contributed by atoms with E-state index in [1.54, 1.807) is 19.2 Å². The zero-order valence-electron chi connectivity index (χ0n) is 24.9. The number of hydroxylamine groups is 1. The van der Waals surface area contributed by atoms with Crippen LogP contribution in [0.3, 0.4) is 0 Å². The number of hydrogen-bond acceptors (Lipinski definition) is 9. The van der Waals surface area contributed by atoms with Crippen LogP contribution in [-0.2, 0) is 14.3 Å². The van der Waals surface area contributed by atoms with Gasteiger partial charge in [0.1, 0.15) is 24.3 Å². The number of ether oxygens (including phenoxy) is 3. The van der Waals surface area contributed by atoms with Crippen molar-refractivity contribution < 1.29 is 23.4 Å². The lowest BCUT2D eigenvalue weighted by Gasteiger charge is -2.28. The molecule has 2 aromatic rings. The minimum absolute atomic E-state index is 0.227. The molecule has 0 bridgehead atoms. The summed E-state index contributed by atoms with van der Waals surface area (Å²) in [7, 11) is 1.55. The van der Waals surface area contributed by atoms with Gasteiger partial charge in [-0.05, 0) is 70.4 Å². The fourth-order valence-electron chi connectivity index (χ4n) is 4.76. The molecule has 4 rings (SSSR count). The average molecular weight is 566 g/mol. The van der Waals surface area contributed by atoms with Crippen molar-refractivity contribution in [1.82, 2.24) is 10.5 Å². The predicted molar refractivity (Wildman–Crippen MR) is 158 cm³/mol. The van der Waals surface area contributed by atoms with Gasteiger partial charge in [-0.3, -0.25) is 9.83 Å². The molecule has 3 N–H and O–H groups in total. The summed E-state index contributed by atoms with van der Waals surface area (Å²) in [6.07, 6.45) is 0.996. The van der Waals surface area contributed by atoms with E-state index in [0.717, 1.165) is 34.4 Å². The number of aliphatic imine (C=N–C) groups is 2. The topological polar surface area (TPSA) is 113 Å². The number of allylic oxidation sites excluding steroid dienone is 2. The molecular formula is C31H40FN5O4. The van der Waals surface area contributed by atoms with E-state index in [0.29, 0.717) is 41.8 Å². The molecule has 2 unspecified atom stereocenters. The quantitative estimate of drug-likeness (QED) is 0.390. The smallest absolute Gasteiger partial charge is 0.213 e. The van der Waals surface area contributed by atoms with E-state index in [-0.39, 0.29) is 18.5 Å². The normalized spacial score (nSPS) is 21.9. The first kappa shape index (κ1) is 30.4. The summed E-state index contributed by atoms with van der Waals surface area (Å²) in [6, 6.07) is 9.61. The van der Waals surface area contributed by atoms with Crippen LogP contribution in [0.15, 0.2) is 68.9 Å². The molecule has 9 nitrogen and oxygen atoms in total. The first-order chi connectivity index (χ1) is 19.5. The van der Waals surface area contributed by atoms with Gasteiger partial charge in [0, 0.05) is 23.6 Å². The van der Waals surface area contributed by atoms with Crippen LogP contribution in [0, 0.1) is 5.82 Å². The molecule has 41 heavy (non-hydrogen) atoms. The van der Waals surface area contributed by atoms with Gasteiger partial charge in [-0.2, -0.15) is 0 Å². The van der Waals surface area contributed by atoms with Crippen LogP contribution < -0.4 is 16.0 Å². The Kier molecular flexibility index (Phi) is 9.57. The third-order valence-electron chi connectivity index (χ3n) is 7.01. The highest BCUT2D eigenvalue weighted by atomic mass is 19.1. The van der Waals surface area contributed by atoms with Crippen molar-refractivity contribution in [3.8, 4) is 17.1 Å². The maximum Gasteiger partial charge on any atom is 0.213 e. The molecule has 3 heterocycles. The molecule has 1 aromatic heterocycles. The second-order valence-electron chi connectivity index (χ2n) is 10.8. The number of halogens is 1. The summed E-state index contributed by atoms with van der Waals surface area (Å²) in [6.45, 7) is 12.4. The Morgan fingerprint density at radius 2 is 2.00 bits per heavy atom. The summed E-state index contributed by atoms with van der Waals surface area (Å²) in [5.74, 6) is 0.384. The Morgan fingerprint density at radius 3 is 2.66 bits per heavy atom. The zero-order valence-corrected chi connectivity index (χ0v) is 24.9. The molecule has 2 aliphatic rings. The third kappa shape index (κ3) is 7.38. The molecule has 220 valence electrons. The molecule has 1 fully saturated rings. The summed E-state index contributed by atoms with van der Waals surface area (Å²) >= 11 is 0. The molecule has 1 aromatic carbocycles. The molecule has 0 aliphatic carbocycles. The maximum atomic E-state index is 14.6. The number of methoxy groups -OCH3 is 1. The van der Waals surface area contributed by atoms with Gasteiger partial charge < -0.3 is 19.9 Å². The zero-order chi connectivity index (χ0) is 29.7. The van der Waals surface area contributed by atoms with Crippen LogP contribution in [0.2, 0.25) is 0 Å². The Morgan fingerprint density at radius 1 is 1.22 bits per heavy atom. The molecule has 2 aliphatic heterocycles. The Labute approximate surface area is 241 Å². The Balaban J connectivity index is 1.77. The highest BCUT2D eigenvalue weighted by molar-refractivity contribution is 6.25. The van der Waals surface area contributed by atoms with Crippen LogP contribution in [0.4, 0.5) is 4.39 Å². The van der Waals surface area contributed by atoms with E-state index in [9.17, 15) is 4.39 Å². The molecule has 0 spiro atoms. The molecule has 0 radical (unpaired) electrons. The number of nitrogens with one attached hydrogen (secondary N) is 1. The van der Waals surface area contributed by atoms with Gasteiger partial charge in [0.15, 0.2) is 11.6 Å². The summed E-state index contributed by atoms with van der Waals surface area (Å²) in [5.41, 5.74) is 15.0. The standard InChI is InChI=1S/C31H40FN5O4/c1-8-19(4)29(33)35-26-15-25(22-13-12-20(32)14-23(22)24-10-9-11-27(34-24)38-7)36-30(28(26)18(2)3)37-40-17-21-16-39-31(5,6)41-21/h9-14,21,25H,8,15-17,33H2,1-7H3,(H,36,37)/b29-19+,35-26-. The SMILES string of the molecule is CC/C(C)=C(N)/N=C1/CC(c2ccc(F)cc2-c2cccc(OC)n2)N=C(NOCC2COC(C)(C)O2)C1=C(C)C. The van der Waals surface area contributed by atoms with Crippen molar-refractivity contribution in [3.63, 3.8) is 0 Å². The van der Waals surface area contributed by atoms with Crippen LogP contribution in [0.25, 0.3) is 11.3 Å². The largest absolute Gasteiger partial charge is 0.481 e. The Hall–Kier alpha value is -3.60. The van der Waals surface area contributed by atoms with Crippen LogP contribution in [0.1, 0.15) is 66.0 Å². The molecule has 10 heteroatoms. The average Bonchev–Trinajstić information content (AvgIpc) is 3.30. The van der Waals surface area contributed by atoms with E-state index in [1.807, 2.05) is 53.7 Å². The number of aromatic nitrogens is 1. The number of benzene rings is 1. The van der Waals surface area contributed by atoms with Gasteiger partial charge in [0.2, 0.25) is 5.88 Å². The molecule has 0 saturated carbocycles. The van der Waals surface area contributed by atoms with Gasteiger partial charge >= 0.3 is 0 Å². The number of nitrogens with two attached hydrogens (primary N) is 1. The molecule has 0 amide bonds. The van der Waals surface area contributed by atoms with Crippen molar-refractivity contribution in [2.75, 3.05) is 20.3 Å². The van der Waals surface area contributed by atoms with Gasteiger partial charge in [0.05, 0.1) is 31.2 Å². The van der Waals surface area contributed by atoms with E-state index >= 15 is 0 Å². The number of amidine groups is 1. The number of pyridine rings is 1. The summed E-state index contributed by atoms with van der Waals surface area (Å²) in [5, 5.41) is 0. The lowest BCUT2D eigenvalue weighted by Crippen LogP contribution is -2.36. The first-order valence-corrected chi connectivity index (χ1v) is 13.8. The van der Waals surface area contributed by atoms with Gasteiger partial charge in [-0.1, -0.05) is 24.6 Å². The van der Waals surface area contributed by atoms with Crippen molar-refractivity contribution >= 4 is 11.5 Å². The lowest BCUT2D eigenvalue weighted by molar-refractivity contribution is -0.146. The predicted octanol–water partition coefficient (Wildman–Crippen LogP) is 5.79. The second kappa shape index (κ2) is 12.9. The molecule has 2 atom stereocenters. The van der Waals surface area contributed by atoms with Gasteiger partial charge in [-0.25, -0.2) is 19.8 Å². The van der Waals surface area contributed by atoms with E-state index in [1.165, 1.54) is 12.1 Å². The monoisotopic (exact) mass is 565 g/mol. The number of hydrogen-bond donors (Lipinski definition) is 2. The number of nitrogens with zero attached hydrogens (tertiary/aromatic N) is 3. The second-order valence-corrected chi connectivity index (χ2v) is 10.8. The van der Waals surface area contributed by atoms with Gasteiger partial charge in [-0.15, -0.1) is 0 Å². The van der Waals surface area contributed by atoms with Crippen LogP contribution in [-0.4, -0.2) is 48.7 Å². The van der Waals surface area contributed by atoms with Gasteiger partial charge in [0.25, 0.3) is 0 Å². The fraction of sp³-hybridized carbons (Fsp3) is 0.452. The third-order valence-corrected chi connectivity index (χ3v) is 7.01. The van der Waals surface area contributed by atoms with Crippen molar-refractivity contribution in [1.29, 1.82) is 0 Å². The van der Waals surface area contributed by atoms with Crippen LogP contribution in [0.5, 0.6) is 5.88 Å². The summed E-state index contributed by atoms with van der Waals surface area (Å²) < 4.78 is 31.4. The maximum absolute atomic E-state index is 14.6. The van der Waals surface area contributed by atoms with E-state index in [2.05, 4.69) is 10.5 Å². The fourth-order valence-corrected chi connectivity index (χ4v) is 4.76. The van der Waals surface area contributed by atoms with E-state index in [4.69, 9.17) is 34.8 Å². The van der Waals surface area contributed by atoms with Crippen molar-refractivity contribution in [3.05, 3.63) is 70.3 Å².